The van der Waals surface area contributed by atoms with Gasteiger partial charge in [0, 0.05) is 17.8 Å². The Labute approximate surface area is 118 Å². The standard InChI is InChI=1S/C17H16N2O/c1-13-5-2-3-6-15(13)10-19-16-8-4-7-14(9-16)17-11-18-12-20-17/h2-9,11-12,19H,10H2,1H3. The molecule has 0 aliphatic rings. The van der Waals surface area contributed by atoms with E-state index in [2.05, 4.69) is 53.6 Å². The molecule has 2 aromatic carbocycles. The summed E-state index contributed by atoms with van der Waals surface area (Å²) in [6, 6.07) is 16.5. The first kappa shape index (κ1) is 12.5. The van der Waals surface area contributed by atoms with Gasteiger partial charge in [0.1, 0.15) is 0 Å². The van der Waals surface area contributed by atoms with Gasteiger partial charge in [0.15, 0.2) is 12.2 Å². The predicted molar refractivity (Wildman–Crippen MR) is 80.4 cm³/mol. The summed E-state index contributed by atoms with van der Waals surface area (Å²) in [5.74, 6) is 0.782. The van der Waals surface area contributed by atoms with Crippen LogP contribution < -0.4 is 5.32 Å². The van der Waals surface area contributed by atoms with Crippen molar-refractivity contribution in [1.29, 1.82) is 0 Å². The Morgan fingerprint density at radius 2 is 2.00 bits per heavy atom. The number of benzene rings is 2. The normalized spacial score (nSPS) is 10.4. The van der Waals surface area contributed by atoms with Crippen molar-refractivity contribution in [1.82, 2.24) is 4.98 Å². The zero-order chi connectivity index (χ0) is 13.8. The molecule has 0 unspecified atom stereocenters. The molecule has 1 heterocycles. The number of aromatic nitrogens is 1. The molecular formula is C17H16N2O. The van der Waals surface area contributed by atoms with E-state index in [4.69, 9.17) is 4.42 Å². The van der Waals surface area contributed by atoms with Gasteiger partial charge < -0.3 is 9.73 Å². The van der Waals surface area contributed by atoms with Gasteiger partial charge in [0.2, 0.25) is 0 Å². The maximum atomic E-state index is 5.32. The highest BCUT2D eigenvalue weighted by atomic mass is 16.3. The van der Waals surface area contributed by atoms with E-state index in [1.54, 1.807) is 6.20 Å². The lowest BCUT2D eigenvalue weighted by Crippen LogP contribution is -2.01. The van der Waals surface area contributed by atoms with Crippen molar-refractivity contribution < 1.29 is 4.42 Å². The van der Waals surface area contributed by atoms with Crippen molar-refractivity contribution in [3.63, 3.8) is 0 Å². The highest BCUT2D eigenvalue weighted by Crippen LogP contribution is 2.22. The molecule has 20 heavy (non-hydrogen) atoms. The second-order valence-corrected chi connectivity index (χ2v) is 4.73. The molecule has 0 aliphatic carbocycles. The molecule has 3 nitrogen and oxygen atoms in total. The van der Waals surface area contributed by atoms with E-state index in [0.29, 0.717) is 0 Å². The Morgan fingerprint density at radius 1 is 1.10 bits per heavy atom. The van der Waals surface area contributed by atoms with Crippen LogP contribution in [-0.4, -0.2) is 4.98 Å². The zero-order valence-electron chi connectivity index (χ0n) is 11.3. The Kier molecular flexibility index (Phi) is 3.50. The molecule has 0 aliphatic heterocycles. The number of hydrogen-bond donors (Lipinski definition) is 1. The van der Waals surface area contributed by atoms with E-state index >= 15 is 0 Å². The molecule has 3 rings (SSSR count). The van der Waals surface area contributed by atoms with Gasteiger partial charge in [0.05, 0.1) is 6.20 Å². The first-order chi connectivity index (χ1) is 9.83. The van der Waals surface area contributed by atoms with Gasteiger partial charge in [-0.05, 0) is 30.2 Å². The molecule has 100 valence electrons. The fraction of sp³-hybridized carbons (Fsp3) is 0.118. The largest absolute Gasteiger partial charge is 0.444 e. The lowest BCUT2D eigenvalue weighted by atomic mass is 10.1. The van der Waals surface area contributed by atoms with Crippen molar-refractivity contribution in [2.75, 3.05) is 5.32 Å². The summed E-state index contributed by atoms with van der Waals surface area (Å²) in [6.45, 7) is 2.94. The van der Waals surface area contributed by atoms with Gasteiger partial charge in [-0.3, -0.25) is 0 Å². The lowest BCUT2D eigenvalue weighted by Gasteiger charge is -2.09. The summed E-state index contributed by atoms with van der Waals surface area (Å²) in [5.41, 5.74) is 4.70. The smallest absolute Gasteiger partial charge is 0.181 e. The minimum atomic E-state index is 0.782. The minimum absolute atomic E-state index is 0.782. The monoisotopic (exact) mass is 264 g/mol. The molecule has 0 fully saturated rings. The summed E-state index contributed by atoms with van der Waals surface area (Å²) < 4.78 is 5.32. The summed E-state index contributed by atoms with van der Waals surface area (Å²) in [5, 5.41) is 3.44. The molecule has 1 aromatic heterocycles. The molecular weight excluding hydrogens is 248 g/mol. The van der Waals surface area contributed by atoms with Crippen LogP contribution in [0.15, 0.2) is 65.5 Å². The molecule has 0 radical (unpaired) electrons. The zero-order valence-corrected chi connectivity index (χ0v) is 11.3. The van der Waals surface area contributed by atoms with Gasteiger partial charge >= 0.3 is 0 Å². The van der Waals surface area contributed by atoms with Crippen molar-refractivity contribution in [2.24, 2.45) is 0 Å². The molecule has 0 atom stereocenters. The molecule has 0 saturated carbocycles. The maximum absolute atomic E-state index is 5.32. The van der Waals surface area contributed by atoms with Crippen LogP contribution in [0.3, 0.4) is 0 Å². The van der Waals surface area contributed by atoms with E-state index in [-0.39, 0.29) is 0 Å². The second-order valence-electron chi connectivity index (χ2n) is 4.73. The van der Waals surface area contributed by atoms with Crippen molar-refractivity contribution in [3.8, 4) is 11.3 Å². The quantitative estimate of drug-likeness (QED) is 0.765. The third-order valence-corrected chi connectivity index (χ3v) is 3.32. The van der Waals surface area contributed by atoms with Gasteiger partial charge in [-0.2, -0.15) is 0 Å². The van der Waals surface area contributed by atoms with E-state index < -0.39 is 0 Å². The number of aryl methyl sites for hydroxylation is 1. The number of rotatable bonds is 4. The van der Waals surface area contributed by atoms with Gasteiger partial charge in [0.25, 0.3) is 0 Å². The van der Waals surface area contributed by atoms with Crippen molar-refractivity contribution in [2.45, 2.75) is 13.5 Å². The highest BCUT2D eigenvalue weighted by Gasteiger charge is 2.03. The number of hydrogen-bond acceptors (Lipinski definition) is 3. The lowest BCUT2D eigenvalue weighted by molar-refractivity contribution is 0.572. The van der Waals surface area contributed by atoms with Crippen LogP contribution in [-0.2, 0) is 6.54 Å². The third kappa shape index (κ3) is 2.72. The number of oxazole rings is 1. The maximum Gasteiger partial charge on any atom is 0.181 e. The summed E-state index contributed by atoms with van der Waals surface area (Å²) in [7, 11) is 0. The van der Waals surface area contributed by atoms with Crippen LogP contribution in [0.2, 0.25) is 0 Å². The number of nitrogens with one attached hydrogen (secondary N) is 1. The number of nitrogens with zero attached hydrogens (tertiary/aromatic N) is 1. The van der Waals surface area contributed by atoms with Crippen molar-refractivity contribution in [3.05, 3.63) is 72.2 Å². The first-order valence-electron chi connectivity index (χ1n) is 6.60. The topological polar surface area (TPSA) is 38.1 Å². The Hall–Kier alpha value is -2.55. The first-order valence-corrected chi connectivity index (χ1v) is 6.60. The van der Waals surface area contributed by atoms with Gasteiger partial charge in [-0.15, -0.1) is 0 Å². The van der Waals surface area contributed by atoms with Crippen LogP contribution in [0.25, 0.3) is 11.3 Å². The second kappa shape index (κ2) is 5.61. The Morgan fingerprint density at radius 3 is 2.80 bits per heavy atom. The van der Waals surface area contributed by atoms with Crippen LogP contribution in [0.5, 0.6) is 0 Å². The molecule has 3 heteroatoms. The fourth-order valence-corrected chi connectivity index (χ4v) is 2.15. The number of anilines is 1. The van der Waals surface area contributed by atoms with Crippen LogP contribution in [0.4, 0.5) is 5.69 Å². The average Bonchev–Trinajstić information content (AvgIpc) is 3.01. The molecule has 0 bridgehead atoms. The minimum Gasteiger partial charge on any atom is -0.444 e. The van der Waals surface area contributed by atoms with Crippen LogP contribution >= 0.6 is 0 Å². The third-order valence-electron chi connectivity index (χ3n) is 3.32. The van der Waals surface area contributed by atoms with Gasteiger partial charge in [-0.25, -0.2) is 4.98 Å². The van der Waals surface area contributed by atoms with E-state index in [0.717, 1.165) is 23.6 Å². The Balaban J connectivity index is 1.75. The SMILES string of the molecule is Cc1ccccc1CNc1cccc(-c2cnco2)c1. The highest BCUT2D eigenvalue weighted by molar-refractivity contribution is 5.63. The molecule has 0 spiro atoms. The van der Waals surface area contributed by atoms with Gasteiger partial charge in [-0.1, -0.05) is 36.4 Å². The van der Waals surface area contributed by atoms with Crippen LogP contribution in [0, 0.1) is 6.92 Å². The molecule has 0 saturated heterocycles. The molecule has 3 aromatic rings. The summed E-state index contributed by atoms with van der Waals surface area (Å²) in [6.07, 6.45) is 3.17. The van der Waals surface area contributed by atoms with Crippen molar-refractivity contribution >= 4 is 5.69 Å². The average molecular weight is 264 g/mol. The summed E-state index contributed by atoms with van der Waals surface area (Å²) >= 11 is 0. The van der Waals surface area contributed by atoms with E-state index in [1.165, 1.54) is 17.5 Å². The predicted octanol–water partition coefficient (Wildman–Crippen LogP) is 4.26. The molecule has 0 amide bonds. The Bertz CT molecular complexity index is 690. The summed E-state index contributed by atoms with van der Waals surface area (Å²) in [4.78, 5) is 3.95. The van der Waals surface area contributed by atoms with Crippen LogP contribution in [0.1, 0.15) is 11.1 Å². The van der Waals surface area contributed by atoms with E-state index in [9.17, 15) is 0 Å². The molecule has 1 N–H and O–H groups in total. The fourth-order valence-electron chi connectivity index (χ4n) is 2.15. The van der Waals surface area contributed by atoms with E-state index in [1.807, 2.05) is 12.1 Å².